The van der Waals surface area contributed by atoms with Crippen LogP contribution in [0.25, 0.3) is 21.6 Å². The van der Waals surface area contributed by atoms with Gasteiger partial charge in [0.1, 0.15) is 10.5 Å². The molecule has 0 atom stereocenters. The van der Waals surface area contributed by atoms with Crippen LogP contribution in [0.3, 0.4) is 0 Å². The molecule has 0 aliphatic carbocycles. The molecule has 5 nitrogen and oxygen atoms in total. The molecule has 0 saturated heterocycles. The summed E-state index contributed by atoms with van der Waals surface area (Å²) in [7, 11) is 0. The zero-order valence-electron chi connectivity index (χ0n) is 11.6. The van der Waals surface area contributed by atoms with Gasteiger partial charge in [-0.1, -0.05) is 24.3 Å². The first kappa shape index (κ1) is 13.0. The topological polar surface area (TPSA) is 63.6 Å². The lowest BCUT2D eigenvalue weighted by atomic mass is 10.1. The number of hydrogen-bond acceptors (Lipinski definition) is 4. The number of aromatic amines is 1. The molecule has 0 unspecified atom stereocenters. The molecule has 0 bridgehead atoms. The lowest BCUT2D eigenvalue weighted by Crippen LogP contribution is -2.07. The highest BCUT2D eigenvalue weighted by Crippen LogP contribution is 2.19. The number of nitrogens with zero attached hydrogens (tertiary/aromatic N) is 3. The summed E-state index contributed by atoms with van der Waals surface area (Å²) in [4.78, 5) is 19.4. The summed E-state index contributed by atoms with van der Waals surface area (Å²) in [5.74, 6) is 0.599. The first-order valence-electron chi connectivity index (χ1n) is 6.84. The van der Waals surface area contributed by atoms with E-state index in [9.17, 15) is 4.79 Å². The third-order valence-corrected chi connectivity index (χ3v) is 4.35. The molecule has 0 aliphatic heterocycles. The Balaban J connectivity index is 1.68. The van der Waals surface area contributed by atoms with Crippen molar-refractivity contribution in [2.75, 3.05) is 0 Å². The molecule has 3 heterocycles. The van der Waals surface area contributed by atoms with Gasteiger partial charge in [-0.25, -0.2) is 4.98 Å². The summed E-state index contributed by atoms with van der Waals surface area (Å²) in [6, 6.07) is 11.7. The summed E-state index contributed by atoms with van der Waals surface area (Å²) in [6.45, 7) is 0.723. The van der Waals surface area contributed by atoms with Crippen molar-refractivity contribution >= 4 is 21.6 Å². The van der Waals surface area contributed by atoms with E-state index in [0.717, 1.165) is 23.2 Å². The van der Waals surface area contributed by atoms with E-state index in [4.69, 9.17) is 0 Å². The Kier molecular flexibility index (Phi) is 3.08. The van der Waals surface area contributed by atoms with Crippen molar-refractivity contribution in [3.05, 3.63) is 70.1 Å². The third-order valence-electron chi connectivity index (χ3n) is 3.45. The van der Waals surface area contributed by atoms with E-state index in [0.29, 0.717) is 10.5 Å². The smallest absolute Gasteiger partial charge is 0.269 e. The van der Waals surface area contributed by atoms with Crippen molar-refractivity contribution in [2.24, 2.45) is 0 Å². The predicted octanol–water partition coefficient (Wildman–Crippen LogP) is 2.90. The molecule has 1 N–H and O–H groups in total. The number of aromatic nitrogens is 4. The highest BCUT2D eigenvalue weighted by atomic mass is 32.1. The van der Waals surface area contributed by atoms with E-state index in [-0.39, 0.29) is 5.56 Å². The SMILES string of the molecule is O=c1[nH]c(-c2ccc(Cn3cccn3)cc2)nc2ccsc12. The number of H-pyrrole nitrogens is 1. The largest absolute Gasteiger partial charge is 0.305 e. The summed E-state index contributed by atoms with van der Waals surface area (Å²) in [5, 5.41) is 6.07. The van der Waals surface area contributed by atoms with Gasteiger partial charge in [0.2, 0.25) is 0 Å². The van der Waals surface area contributed by atoms with E-state index >= 15 is 0 Å². The summed E-state index contributed by atoms with van der Waals surface area (Å²) in [5.41, 5.74) is 2.70. The van der Waals surface area contributed by atoms with Crippen LogP contribution in [0.15, 0.2) is 59.0 Å². The number of nitrogens with one attached hydrogen (secondary N) is 1. The van der Waals surface area contributed by atoms with Crippen LogP contribution in [0.4, 0.5) is 0 Å². The van der Waals surface area contributed by atoms with Gasteiger partial charge in [-0.15, -0.1) is 11.3 Å². The van der Waals surface area contributed by atoms with Crippen molar-refractivity contribution in [1.29, 1.82) is 0 Å². The second-order valence-electron chi connectivity index (χ2n) is 4.95. The van der Waals surface area contributed by atoms with Crippen molar-refractivity contribution < 1.29 is 0 Å². The molecule has 0 amide bonds. The number of benzene rings is 1. The summed E-state index contributed by atoms with van der Waals surface area (Å²) >= 11 is 1.41. The lowest BCUT2D eigenvalue weighted by Gasteiger charge is -2.04. The van der Waals surface area contributed by atoms with Crippen LogP contribution in [0.2, 0.25) is 0 Å². The Bertz CT molecular complexity index is 967. The fourth-order valence-corrected chi connectivity index (χ4v) is 3.08. The Morgan fingerprint density at radius 3 is 2.82 bits per heavy atom. The van der Waals surface area contributed by atoms with Gasteiger partial charge in [-0.05, 0) is 23.1 Å². The highest BCUT2D eigenvalue weighted by Gasteiger charge is 2.07. The molecule has 4 aromatic rings. The molecule has 6 heteroatoms. The van der Waals surface area contributed by atoms with E-state index in [1.165, 1.54) is 11.3 Å². The van der Waals surface area contributed by atoms with Gasteiger partial charge in [0.05, 0.1) is 12.1 Å². The molecule has 0 spiro atoms. The highest BCUT2D eigenvalue weighted by molar-refractivity contribution is 7.17. The molecular weight excluding hydrogens is 296 g/mol. The monoisotopic (exact) mass is 308 g/mol. The number of thiophene rings is 1. The molecular formula is C16H12N4OS. The van der Waals surface area contributed by atoms with Crippen LogP contribution in [0.1, 0.15) is 5.56 Å². The van der Waals surface area contributed by atoms with E-state index in [1.807, 2.05) is 52.7 Å². The first-order valence-corrected chi connectivity index (χ1v) is 7.72. The van der Waals surface area contributed by atoms with E-state index in [1.54, 1.807) is 6.20 Å². The minimum absolute atomic E-state index is 0.0874. The van der Waals surface area contributed by atoms with Crippen LogP contribution >= 0.6 is 11.3 Å². The number of rotatable bonds is 3. The average molecular weight is 308 g/mol. The third kappa shape index (κ3) is 2.33. The van der Waals surface area contributed by atoms with Crippen molar-refractivity contribution in [2.45, 2.75) is 6.54 Å². The van der Waals surface area contributed by atoms with E-state index < -0.39 is 0 Å². The molecule has 108 valence electrons. The molecule has 4 rings (SSSR count). The van der Waals surface area contributed by atoms with Gasteiger partial charge in [-0.3, -0.25) is 9.48 Å². The predicted molar refractivity (Wildman–Crippen MR) is 87.0 cm³/mol. The minimum Gasteiger partial charge on any atom is -0.305 e. The van der Waals surface area contributed by atoms with Gasteiger partial charge in [0, 0.05) is 18.0 Å². The van der Waals surface area contributed by atoms with Crippen molar-refractivity contribution in [3.63, 3.8) is 0 Å². The molecule has 3 aromatic heterocycles. The quantitative estimate of drug-likeness (QED) is 0.633. The van der Waals surface area contributed by atoms with Crippen LogP contribution in [0.5, 0.6) is 0 Å². The molecule has 0 radical (unpaired) electrons. The molecule has 22 heavy (non-hydrogen) atoms. The Morgan fingerprint density at radius 1 is 1.18 bits per heavy atom. The van der Waals surface area contributed by atoms with Gasteiger partial charge in [0.15, 0.2) is 0 Å². The van der Waals surface area contributed by atoms with Crippen molar-refractivity contribution in [3.8, 4) is 11.4 Å². The zero-order chi connectivity index (χ0) is 14.9. The standard InChI is InChI=1S/C16H12N4OS/c21-16-14-13(6-9-22-14)18-15(19-16)12-4-2-11(3-5-12)10-20-8-1-7-17-20/h1-9H,10H2,(H,18,19,21). The maximum atomic E-state index is 12.0. The van der Waals surface area contributed by atoms with Crippen LogP contribution in [0, 0.1) is 0 Å². The van der Waals surface area contributed by atoms with Crippen LogP contribution in [-0.4, -0.2) is 19.7 Å². The zero-order valence-corrected chi connectivity index (χ0v) is 12.4. The minimum atomic E-state index is -0.0874. The maximum absolute atomic E-state index is 12.0. The summed E-state index contributed by atoms with van der Waals surface area (Å²) < 4.78 is 2.53. The number of fused-ring (bicyclic) bond motifs is 1. The fraction of sp³-hybridized carbons (Fsp3) is 0.0625. The van der Waals surface area contributed by atoms with Crippen LogP contribution < -0.4 is 5.56 Å². The maximum Gasteiger partial charge on any atom is 0.269 e. The molecule has 1 aromatic carbocycles. The van der Waals surface area contributed by atoms with Gasteiger partial charge in [-0.2, -0.15) is 5.10 Å². The van der Waals surface area contributed by atoms with Gasteiger partial charge in [0.25, 0.3) is 5.56 Å². The second kappa shape index (κ2) is 5.23. The first-order chi connectivity index (χ1) is 10.8. The number of hydrogen-bond donors (Lipinski definition) is 1. The average Bonchev–Trinajstić information content (AvgIpc) is 3.19. The van der Waals surface area contributed by atoms with Crippen LogP contribution in [-0.2, 0) is 6.54 Å². The Hall–Kier alpha value is -2.73. The van der Waals surface area contributed by atoms with Gasteiger partial charge < -0.3 is 4.98 Å². The Labute approximate surface area is 129 Å². The Morgan fingerprint density at radius 2 is 2.05 bits per heavy atom. The normalized spacial score (nSPS) is 11.1. The molecule has 0 aliphatic rings. The van der Waals surface area contributed by atoms with Crippen molar-refractivity contribution in [1.82, 2.24) is 19.7 Å². The van der Waals surface area contributed by atoms with Gasteiger partial charge >= 0.3 is 0 Å². The molecule has 0 saturated carbocycles. The summed E-state index contributed by atoms with van der Waals surface area (Å²) in [6.07, 6.45) is 3.69. The lowest BCUT2D eigenvalue weighted by molar-refractivity contribution is 0.687. The fourth-order valence-electron chi connectivity index (χ4n) is 2.36. The van der Waals surface area contributed by atoms with E-state index in [2.05, 4.69) is 15.1 Å². The molecule has 0 fully saturated rings. The second-order valence-corrected chi connectivity index (χ2v) is 5.87.